The number of carbonyl (C=O) groups is 1. The van der Waals surface area contributed by atoms with Gasteiger partial charge < -0.3 is 15.3 Å². The summed E-state index contributed by atoms with van der Waals surface area (Å²) in [7, 11) is -3.61. The predicted molar refractivity (Wildman–Crippen MR) is 84.5 cm³/mol. The summed E-state index contributed by atoms with van der Waals surface area (Å²) in [6.45, 7) is 2.17. The maximum atomic E-state index is 12.7. The van der Waals surface area contributed by atoms with Crippen molar-refractivity contribution in [1.82, 2.24) is 19.6 Å². The number of H-pyrrole nitrogens is 2. The second kappa shape index (κ2) is 5.82. The number of rotatable bonds is 3. The lowest BCUT2D eigenvalue weighted by molar-refractivity contribution is -0.119. The molecule has 0 radical (unpaired) electrons. The fourth-order valence-corrected chi connectivity index (χ4v) is 4.35. The van der Waals surface area contributed by atoms with Gasteiger partial charge >= 0.3 is 5.69 Å². The van der Waals surface area contributed by atoms with Crippen molar-refractivity contribution < 1.29 is 13.2 Å². The van der Waals surface area contributed by atoms with Crippen molar-refractivity contribution in [2.75, 3.05) is 13.1 Å². The van der Waals surface area contributed by atoms with Gasteiger partial charge in [0.1, 0.15) is 0 Å². The highest BCUT2D eigenvalue weighted by atomic mass is 32.2. The molecule has 8 nitrogen and oxygen atoms in total. The van der Waals surface area contributed by atoms with Gasteiger partial charge in [-0.15, -0.1) is 0 Å². The fourth-order valence-electron chi connectivity index (χ4n) is 2.85. The third kappa shape index (κ3) is 3.15. The number of nitrogens with one attached hydrogen (secondary N) is 3. The van der Waals surface area contributed by atoms with Crippen molar-refractivity contribution in [3.8, 4) is 0 Å². The van der Waals surface area contributed by atoms with E-state index in [0.717, 1.165) is 0 Å². The molecule has 1 saturated heterocycles. The number of amides is 1. The Balaban J connectivity index is 1.80. The van der Waals surface area contributed by atoms with Crippen LogP contribution in [0.4, 0.5) is 0 Å². The molecule has 0 bridgehead atoms. The number of aromatic nitrogens is 2. The van der Waals surface area contributed by atoms with Crippen molar-refractivity contribution in [3.63, 3.8) is 0 Å². The number of sulfonamides is 1. The number of carbonyl (C=O) groups excluding carboxylic acids is 1. The molecule has 2 aromatic rings. The molecule has 2 heterocycles. The number of aromatic amines is 2. The minimum absolute atomic E-state index is 0.0162. The summed E-state index contributed by atoms with van der Waals surface area (Å²) < 4.78 is 26.8. The van der Waals surface area contributed by atoms with E-state index in [1.807, 2.05) is 0 Å². The molecule has 1 aliphatic heterocycles. The number of hydrogen-bond donors (Lipinski definition) is 3. The summed E-state index contributed by atoms with van der Waals surface area (Å²) in [5.41, 5.74) is 0.660. The van der Waals surface area contributed by atoms with Crippen molar-refractivity contribution in [1.29, 1.82) is 0 Å². The quantitative estimate of drug-likeness (QED) is 0.738. The van der Waals surface area contributed by atoms with Crippen LogP contribution in [-0.4, -0.2) is 47.7 Å². The van der Waals surface area contributed by atoms with Gasteiger partial charge in [-0.3, -0.25) is 4.79 Å². The predicted octanol–water partition coefficient (Wildman–Crippen LogP) is 0.145. The number of piperidine rings is 1. The smallest absolute Gasteiger partial charge is 0.323 e. The molecule has 23 heavy (non-hydrogen) atoms. The molecule has 1 amide bonds. The summed E-state index contributed by atoms with van der Waals surface area (Å²) in [6.07, 6.45) is 1.17. The summed E-state index contributed by atoms with van der Waals surface area (Å²) in [5.74, 6) is -0.104. The molecule has 0 atom stereocenters. The van der Waals surface area contributed by atoms with E-state index in [0.29, 0.717) is 37.0 Å². The molecular formula is C14H18N4O4S. The van der Waals surface area contributed by atoms with Crippen molar-refractivity contribution in [3.05, 3.63) is 28.7 Å². The van der Waals surface area contributed by atoms with Crippen molar-refractivity contribution in [2.24, 2.45) is 0 Å². The normalized spacial score (nSPS) is 17.4. The lowest BCUT2D eigenvalue weighted by Gasteiger charge is -2.31. The maximum absolute atomic E-state index is 12.7. The average molecular weight is 338 g/mol. The lowest BCUT2D eigenvalue weighted by Crippen LogP contribution is -2.45. The average Bonchev–Trinajstić information content (AvgIpc) is 2.86. The molecule has 3 N–H and O–H groups in total. The van der Waals surface area contributed by atoms with Crippen LogP contribution in [0.3, 0.4) is 0 Å². The van der Waals surface area contributed by atoms with Crippen LogP contribution in [-0.2, 0) is 14.8 Å². The van der Waals surface area contributed by atoms with E-state index in [9.17, 15) is 18.0 Å². The van der Waals surface area contributed by atoms with E-state index in [-0.39, 0.29) is 22.5 Å². The van der Waals surface area contributed by atoms with Gasteiger partial charge in [0.25, 0.3) is 0 Å². The van der Waals surface area contributed by atoms with E-state index >= 15 is 0 Å². The van der Waals surface area contributed by atoms with Gasteiger partial charge in [-0.1, -0.05) is 0 Å². The molecule has 9 heteroatoms. The van der Waals surface area contributed by atoms with Gasteiger partial charge in [-0.25, -0.2) is 13.2 Å². The Morgan fingerprint density at radius 3 is 2.52 bits per heavy atom. The zero-order valence-electron chi connectivity index (χ0n) is 12.6. The number of nitrogens with zero attached hydrogens (tertiary/aromatic N) is 1. The number of fused-ring (bicyclic) bond motifs is 1. The third-order valence-electron chi connectivity index (χ3n) is 3.99. The Kier molecular flexibility index (Phi) is 3.99. The second-order valence-corrected chi connectivity index (χ2v) is 7.60. The van der Waals surface area contributed by atoms with Crippen LogP contribution in [0, 0.1) is 0 Å². The third-order valence-corrected chi connectivity index (χ3v) is 5.88. The first-order chi connectivity index (χ1) is 10.9. The summed E-state index contributed by atoms with van der Waals surface area (Å²) in [5, 5.41) is 2.82. The van der Waals surface area contributed by atoms with Crippen LogP contribution in [0.5, 0.6) is 0 Å². The largest absolute Gasteiger partial charge is 0.354 e. The zero-order valence-corrected chi connectivity index (χ0v) is 13.4. The second-order valence-electron chi connectivity index (χ2n) is 5.67. The van der Waals surface area contributed by atoms with Gasteiger partial charge in [0.05, 0.1) is 15.9 Å². The van der Waals surface area contributed by atoms with Gasteiger partial charge in [-0.05, 0) is 31.0 Å². The molecule has 1 aliphatic rings. The Hall–Kier alpha value is -2.13. The van der Waals surface area contributed by atoms with Crippen LogP contribution in [0.2, 0.25) is 0 Å². The van der Waals surface area contributed by atoms with Crippen LogP contribution < -0.4 is 11.0 Å². The molecule has 0 spiro atoms. The zero-order chi connectivity index (χ0) is 16.6. The van der Waals surface area contributed by atoms with Crippen LogP contribution in [0.15, 0.2) is 27.9 Å². The van der Waals surface area contributed by atoms with Crippen molar-refractivity contribution >= 4 is 27.0 Å². The van der Waals surface area contributed by atoms with Gasteiger partial charge in [0, 0.05) is 26.1 Å². The van der Waals surface area contributed by atoms with E-state index < -0.39 is 10.0 Å². The Morgan fingerprint density at radius 1 is 1.22 bits per heavy atom. The van der Waals surface area contributed by atoms with E-state index in [2.05, 4.69) is 15.3 Å². The summed E-state index contributed by atoms with van der Waals surface area (Å²) in [6, 6.07) is 4.54. The standard InChI is InChI=1S/C14H18N4O4S/c1-9(19)15-10-4-6-18(7-5-10)23(21,22)11-2-3-12-13(8-11)17-14(20)16-12/h2-3,8,10H,4-7H2,1H3,(H,15,19)(H2,16,17,20). The molecule has 3 rings (SSSR count). The first kappa shape index (κ1) is 15.8. The SMILES string of the molecule is CC(=O)NC1CCN(S(=O)(=O)c2ccc3[nH]c(=O)[nH]c3c2)CC1. The van der Waals surface area contributed by atoms with Crippen LogP contribution in [0.1, 0.15) is 19.8 Å². The fraction of sp³-hybridized carbons (Fsp3) is 0.429. The minimum atomic E-state index is -3.61. The van der Waals surface area contributed by atoms with Gasteiger partial charge in [0.2, 0.25) is 15.9 Å². The number of imidazole rings is 1. The molecule has 0 saturated carbocycles. The first-order valence-electron chi connectivity index (χ1n) is 7.35. The van der Waals surface area contributed by atoms with Gasteiger partial charge in [0.15, 0.2) is 0 Å². The van der Waals surface area contributed by atoms with E-state index in [1.54, 1.807) is 6.07 Å². The highest BCUT2D eigenvalue weighted by Gasteiger charge is 2.29. The minimum Gasteiger partial charge on any atom is -0.354 e. The topological polar surface area (TPSA) is 115 Å². The Morgan fingerprint density at radius 2 is 1.87 bits per heavy atom. The molecule has 1 aromatic heterocycles. The highest BCUT2D eigenvalue weighted by Crippen LogP contribution is 2.22. The summed E-state index contributed by atoms with van der Waals surface area (Å²) >= 11 is 0. The molecule has 1 aromatic carbocycles. The van der Waals surface area contributed by atoms with E-state index in [4.69, 9.17) is 0 Å². The van der Waals surface area contributed by atoms with E-state index in [1.165, 1.54) is 23.4 Å². The monoisotopic (exact) mass is 338 g/mol. The number of benzene rings is 1. The molecule has 1 fully saturated rings. The lowest BCUT2D eigenvalue weighted by atomic mass is 10.1. The molecular weight excluding hydrogens is 320 g/mol. The molecule has 0 aliphatic carbocycles. The Labute approximate surface area is 132 Å². The van der Waals surface area contributed by atoms with Crippen molar-refractivity contribution in [2.45, 2.75) is 30.7 Å². The van der Waals surface area contributed by atoms with Crippen LogP contribution >= 0.6 is 0 Å². The summed E-state index contributed by atoms with van der Waals surface area (Å²) in [4.78, 5) is 27.6. The maximum Gasteiger partial charge on any atom is 0.323 e. The first-order valence-corrected chi connectivity index (χ1v) is 8.79. The van der Waals surface area contributed by atoms with Crippen LogP contribution in [0.25, 0.3) is 11.0 Å². The number of hydrogen-bond acceptors (Lipinski definition) is 4. The molecule has 0 unspecified atom stereocenters. The van der Waals surface area contributed by atoms with Gasteiger partial charge in [-0.2, -0.15) is 4.31 Å². The highest BCUT2D eigenvalue weighted by molar-refractivity contribution is 7.89. The molecule has 124 valence electrons. The Bertz CT molecular complexity index is 891.